The van der Waals surface area contributed by atoms with E-state index in [1.165, 1.54) is 0 Å². The molecule has 4 rings (SSSR count). The molecular formula is C20H25N3O3S. The molecule has 0 aliphatic carbocycles. The van der Waals surface area contributed by atoms with E-state index in [9.17, 15) is 8.42 Å². The predicted octanol–water partition coefficient (Wildman–Crippen LogP) is 2.75. The van der Waals surface area contributed by atoms with Crippen LogP contribution in [0, 0.1) is 0 Å². The van der Waals surface area contributed by atoms with Gasteiger partial charge in [-0.2, -0.15) is 0 Å². The number of rotatable bonds is 3. The Balaban J connectivity index is 1.66. The number of aromatic nitrogens is 2. The minimum Gasteiger partial charge on any atom is -0.368 e. The molecule has 2 aliphatic rings. The maximum atomic E-state index is 12.5. The zero-order chi connectivity index (χ0) is 19.1. The number of benzene rings is 1. The molecule has 2 aliphatic heterocycles. The lowest BCUT2D eigenvalue weighted by Gasteiger charge is -2.43. The molecule has 2 aromatic rings. The SMILES string of the molecule is CC(C)S(=O)(=O)N1CCC2(CC1)OCCc1cnc(-c3ccccc3)nc12. The standard InChI is InChI=1S/C20H25N3O3S/c1-15(2)27(24,25)23-11-9-20(10-12-23)18-17(8-13-26-20)14-21-19(22-18)16-6-4-3-5-7-16/h3-7,14-15H,8-13H2,1-2H3. The molecule has 1 aromatic carbocycles. The van der Waals surface area contributed by atoms with E-state index in [0.717, 1.165) is 23.2 Å². The number of piperidine rings is 1. The van der Waals surface area contributed by atoms with Crippen molar-refractivity contribution >= 4 is 10.0 Å². The van der Waals surface area contributed by atoms with Crippen molar-refractivity contribution in [2.24, 2.45) is 0 Å². The summed E-state index contributed by atoms with van der Waals surface area (Å²) in [7, 11) is -3.24. The second-order valence-electron chi connectivity index (χ2n) is 7.52. The third-order valence-corrected chi connectivity index (χ3v) is 7.84. The summed E-state index contributed by atoms with van der Waals surface area (Å²) in [6.45, 7) is 5.00. The Morgan fingerprint density at radius 3 is 2.52 bits per heavy atom. The molecule has 0 atom stereocenters. The van der Waals surface area contributed by atoms with Crippen molar-refractivity contribution in [1.29, 1.82) is 0 Å². The molecule has 0 saturated carbocycles. The largest absolute Gasteiger partial charge is 0.368 e. The lowest BCUT2D eigenvalue weighted by molar-refractivity contribution is -0.0925. The Bertz CT molecular complexity index is 921. The first kappa shape index (κ1) is 18.5. The van der Waals surface area contributed by atoms with Crippen molar-refractivity contribution in [2.75, 3.05) is 19.7 Å². The molecule has 144 valence electrons. The van der Waals surface area contributed by atoms with Gasteiger partial charge in [-0.1, -0.05) is 30.3 Å². The quantitative estimate of drug-likeness (QED) is 0.810. The second-order valence-corrected chi connectivity index (χ2v) is 10.0. The summed E-state index contributed by atoms with van der Waals surface area (Å²) in [5.74, 6) is 0.691. The molecule has 0 unspecified atom stereocenters. The highest BCUT2D eigenvalue weighted by Gasteiger charge is 2.45. The van der Waals surface area contributed by atoms with Gasteiger partial charge in [-0.25, -0.2) is 22.7 Å². The van der Waals surface area contributed by atoms with E-state index in [1.54, 1.807) is 18.2 Å². The number of hydrogen-bond acceptors (Lipinski definition) is 5. The van der Waals surface area contributed by atoms with Crippen LogP contribution in [-0.4, -0.2) is 47.6 Å². The molecule has 1 saturated heterocycles. The first-order valence-corrected chi connectivity index (χ1v) is 11.0. The average molecular weight is 388 g/mol. The Morgan fingerprint density at radius 1 is 1.15 bits per heavy atom. The molecule has 1 aromatic heterocycles. The molecule has 1 spiro atoms. The van der Waals surface area contributed by atoms with Crippen LogP contribution < -0.4 is 0 Å². The minimum atomic E-state index is -3.24. The van der Waals surface area contributed by atoms with E-state index in [4.69, 9.17) is 9.72 Å². The number of ether oxygens (including phenoxy) is 1. The molecule has 0 radical (unpaired) electrons. The van der Waals surface area contributed by atoms with Crippen LogP contribution in [0.25, 0.3) is 11.4 Å². The Hall–Kier alpha value is -1.83. The maximum Gasteiger partial charge on any atom is 0.216 e. The van der Waals surface area contributed by atoms with Crippen LogP contribution in [0.5, 0.6) is 0 Å². The molecule has 0 bridgehead atoms. The van der Waals surface area contributed by atoms with Crippen molar-refractivity contribution in [1.82, 2.24) is 14.3 Å². The van der Waals surface area contributed by atoms with Gasteiger partial charge in [0.1, 0.15) is 5.60 Å². The first-order valence-electron chi connectivity index (χ1n) is 9.47. The highest BCUT2D eigenvalue weighted by molar-refractivity contribution is 7.89. The third kappa shape index (κ3) is 3.28. The second kappa shape index (κ2) is 6.96. The van der Waals surface area contributed by atoms with Gasteiger partial charge in [-0.05, 0) is 38.7 Å². The van der Waals surface area contributed by atoms with Gasteiger partial charge in [0.2, 0.25) is 10.0 Å². The molecule has 0 amide bonds. The summed E-state index contributed by atoms with van der Waals surface area (Å²) in [6, 6.07) is 9.91. The van der Waals surface area contributed by atoms with Gasteiger partial charge in [0.05, 0.1) is 17.6 Å². The zero-order valence-electron chi connectivity index (χ0n) is 15.8. The third-order valence-electron chi connectivity index (χ3n) is 5.56. The van der Waals surface area contributed by atoms with Crippen LogP contribution in [0.2, 0.25) is 0 Å². The monoisotopic (exact) mass is 387 g/mol. The van der Waals surface area contributed by atoms with Crippen LogP contribution in [0.15, 0.2) is 36.5 Å². The van der Waals surface area contributed by atoms with Crippen molar-refractivity contribution in [3.05, 3.63) is 47.8 Å². The van der Waals surface area contributed by atoms with Gasteiger partial charge in [0.15, 0.2) is 5.82 Å². The average Bonchev–Trinajstić information content (AvgIpc) is 2.69. The number of fused-ring (bicyclic) bond motifs is 2. The van der Waals surface area contributed by atoms with Crippen LogP contribution in [0.3, 0.4) is 0 Å². The van der Waals surface area contributed by atoms with Crippen molar-refractivity contribution in [3.63, 3.8) is 0 Å². The summed E-state index contributed by atoms with van der Waals surface area (Å²) in [4.78, 5) is 9.42. The summed E-state index contributed by atoms with van der Waals surface area (Å²) >= 11 is 0. The van der Waals surface area contributed by atoms with Gasteiger partial charge >= 0.3 is 0 Å². The maximum absolute atomic E-state index is 12.5. The fourth-order valence-corrected chi connectivity index (χ4v) is 5.20. The molecular weight excluding hydrogens is 362 g/mol. The topological polar surface area (TPSA) is 72.4 Å². The number of hydrogen-bond donors (Lipinski definition) is 0. The van der Waals surface area contributed by atoms with Crippen molar-refractivity contribution < 1.29 is 13.2 Å². The van der Waals surface area contributed by atoms with E-state index >= 15 is 0 Å². The summed E-state index contributed by atoms with van der Waals surface area (Å²) in [5.41, 5.74) is 2.51. The molecule has 3 heterocycles. The van der Waals surface area contributed by atoms with Crippen LogP contribution in [0.1, 0.15) is 37.9 Å². The Morgan fingerprint density at radius 2 is 1.85 bits per heavy atom. The molecule has 7 heteroatoms. The summed E-state index contributed by atoms with van der Waals surface area (Å²) in [6.07, 6.45) is 3.95. The van der Waals surface area contributed by atoms with Crippen LogP contribution >= 0.6 is 0 Å². The van der Waals surface area contributed by atoms with Gasteiger partial charge in [0.25, 0.3) is 0 Å². The van der Waals surface area contributed by atoms with Crippen molar-refractivity contribution in [2.45, 2.75) is 44.0 Å². The molecule has 0 N–H and O–H groups in total. The van der Waals surface area contributed by atoms with E-state index in [1.807, 2.05) is 36.5 Å². The van der Waals surface area contributed by atoms with Gasteiger partial charge < -0.3 is 4.74 Å². The van der Waals surface area contributed by atoms with E-state index < -0.39 is 20.9 Å². The van der Waals surface area contributed by atoms with E-state index in [0.29, 0.717) is 38.4 Å². The Labute approximate surface area is 160 Å². The molecule has 27 heavy (non-hydrogen) atoms. The smallest absolute Gasteiger partial charge is 0.216 e. The van der Waals surface area contributed by atoms with Crippen molar-refractivity contribution in [3.8, 4) is 11.4 Å². The summed E-state index contributed by atoms with van der Waals surface area (Å²) < 4.78 is 32.8. The number of sulfonamides is 1. The minimum absolute atomic E-state index is 0.405. The lowest BCUT2D eigenvalue weighted by atomic mass is 9.84. The number of nitrogens with zero attached hydrogens (tertiary/aromatic N) is 3. The normalized spacial score (nSPS) is 20.0. The van der Waals surface area contributed by atoms with Gasteiger partial charge in [-0.15, -0.1) is 0 Å². The van der Waals surface area contributed by atoms with E-state index in [2.05, 4.69) is 4.98 Å². The van der Waals surface area contributed by atoms with E-state index in [-0.39, 0.29) is 0 Å². The molecule has 1 fully saturated rings. The van der Waals surface area contributed by atoms with Crippen LogP contribution in [-0.2, 0) is 26.8 Å². The van der Waals surface area contributed by atoms with Gasteiger partial charge in [-0.3, -0.25) is 0 Å². The van der Waals surface area contributed by atoms with Gasteiger partial charge in [0, 0.05) is 24.8 Å². The highest BCUT2D eigenvalue weighted by atomic mass is 32.2. The Kier molecular flexibility index (Phi) is 4.78. The first-order chi connectivity index (χ1) is 12.9. The highest BCUT2D eigenvalue weighted by Crippen LogP contribution is 2.41. The predicted molar refractivity (Wildman–Crippen MR) is 104 cm³/mol. The van der Waals surface area contributed by atoms with Crippen LogP contribution in [0.4, 0.5) is 0 Å². The summed E-state index contributed by atoms with van der Waals surface area (Å²) in [5, 5.41) is -0.405. The zero-order valence-corrected chi connectivity index (χ0v) is 16.6. The fourth-order valence-electron chi connectivity index (χ4n) is 3.92. The lowest BCUT2D eigenvalue weighted by Crippen LogP contribution is -2.50. The molecule has 6 nitrogen and oxygen atoms in total. The fraction of sp³-hybridized carbons (Fsp3) is 0.500.